The fourth-order valence-corrected chi connectivity index (χ4v) is 18.7. The number of ketones is 4. The highest BCUT2D eigenvalue weighted by molar-refractivity contribution is 9.11. The number of nitriles is 1. The van der Waals surface area contributed by atoms with Gasteiger partial charge < -0.3 is 36.9 Å². The largest absolute Gasteiger partial charge is 0.643 e. The highest BCUT2D eigenvalue weighted by Crippen LogP contribution is 2.60. The number of aryl methyl sites for hydroxylation is 2. The molecule has 6 saturated carbocycles. The molecule has 638 valence electrons. The summed E-state index contributed by atoms with van der Waals surface area (Å²) in [5, 5.41) is 12.0. The van der Waals surface area contributed by atoms with Gasteiger partial charge in [0, 0.05) is 105 Å². The Hall–Kier alpha value is -6.21. The van der Waals surface area contributed by atoms with Gasteiger partial charge in [-0.1, -0.05) is 192 Å². The summed E-state index contributed by atoms with van der Waals surface area (Å²) in [6.45, 7) is 6.02. The van der Waals surface area contributed by atoms with Crippen LogP contribution < -0.4 is 32.0 Å². The molecule has 7 aliphatic rings. The van der Waals surface area contributed by atoms with E-state index < -0.39 is 52.9 Å². The number of ether oxygens (including phenoxy) is 2. The van der Waals surface area contributed by atoms with Gasteiger partial charge in [-0.2, -0.15) is 5.26 Å². The van der Waals surface area contributed by atoms with Crippen molar-refractivity contribution >= 4 is 141 Å². The Morgan fingerprint density at radius 2 is 1.10 bits per heavy atom. The second-order valence-corrected chi connectivity index (χ2v) is 41.8. The lowest BCUT2D eigenvalue weighted by atomic mass is 9.81. The van der Waals surface area contributed by atoms with E-state index in [1.807, 2.05) is 66.7 Å². The predicted molar refractivity (Wildman–Crippen MR) is 491 cm³/mol. The Kier molecular flexibility index (Phi) is 40.2. The van der Waals surface area contributed by atoms with Crippen LogP contribution in [0.1, 0.15) is 235 Å². The fourth-order valence-electron chi connectivity index (χ4n) is 17.6. The van der Waals surface area contributed by atoms with Gasteiger partial charge in [-0.25, -0.2) is 40.1 Å². The summed E-state index contributed by atoms with van der Waals surface area (Å²) in [5.41, 5.74) is 27.0. The van der Waals surface area contributed by atoms with Crippen molar-refractivity contribution in [1.29, 1.82) is 5.26 Å². The number of nitrogens with zero attached hydrogens (tertiary/aromatic N) is 4. The van der Waals surface area contributed by atoms with Gasteiger partial charge in [-0.05, 0) is 227 Å². The number of aromatic nitrogens is 2. The number of hydrogen-bond acceptors (Lipinski definition) is 15. The third kappa shape index (κ3) is 28.2. The minimum Gasteiger partial charge on any atom is -0.492 e. The summed E-state index contributed by atoms with van der Waals surface area (Å²) in [5.74, 6) is -0.0319. The van der Waals surface area contributed by atoms with E-state index in [4.69, 9.17) is 78.4 Å². The first-order valence-corrected chi connectivity index (χ1v) is 49.7. The van der Waals surface area contributed by atoms with E-state index >= 15 is 0 Å². The lowest BCUT2D eigenvalue weighted by Crippen LogP contribution is -2.46. The first kappa shape index (κ1) is 98.2. The summed E-state index contributed by atoms with van der Waals surface area (Å²) >= 11 is 13.7. The zero-order chi connectivity index (χ0) is 85.1. The molecule has 2 amide bonds. The Balaban J connectivity index is 0.000000283. The van der Waals surface area contributed by atoms with Crippen LogP contribution in [0.25, 0.3) is 22.5 Å². The smallest absolute Gasteiger partial charge is 0.492 e. The maximum atomic E-state index is 14.9. The van der Waals surface area contributed by atoms with Crippen LogP contribution in [0.4, 0.5) is 0 Å². The molecule has 6 fully saturated rings. The van der Waals surface area contributed by atoms with Gasteiger partial charge in [0.25, 0.3) is 0 Å². The molecule has 1 aliphatic heterocycles. The monoisotopic (exact) mass is 1900 g/mol. The van der Waals surface area contributed by atoms with Crippen molar-refractivity contribution in [1.82, 2.24) is 20.2 Å². The molecule has 4 atom stereocenters. The molecule has 6 aromatic carbocycles. The number of nitrogens with two attached hydrogens (primary N) is 3. The number of halogens is 7. The van der Waals surface area contributed by atoms with E-state index in [1.165, 1.54) is 125 Å². The quantitative estimate of drug-likeness (QED) is 0.0249. The summed E-state index contributed by atoms with van der Waals surface area (Å²) in [4.78, 5) is 105. The zero-order valence-electron chi connectivity index (χ0n) is 68.2. The van der Waals surface area contributed by atoms with Crippen molar-refractivity contribution in [3.05, 3.63) is 198 Å². The van der Waals surface area contributed by atoms with E-state index in [1.54, 1.807) is 56.7 Å². The molecule has 6 aliphatic carbocycles. The number of likely N-dealkylation sites (N-methyl/N-ethyl adjacent to an activating group) is 1. The SMILES string of the molecule is Brc1ccc(C2(C3CCCC3)CC2)cc1.Brc1ccccc1.C.Cc1nc(-c2ccc(C3(C4CCCC4)CC3)cc2)nc(C)c1C(=O)C[C@@H](CCN)C(=O)N(C)[C@@H]1C(=O)C[C@@H](C)C(=O)N[C@H](C(=O)CCC#N)Cc2ccc(OCCN)c(c2)-c2cc1ccc2OCCN.O=C(Cl)C1CCCC1.O=C(c1ccc(Br)cc1)C1CCCC1.[Cl][Al]([Cl])[Cl]. The van der Waals surface area contributed by atoms with Crippen molar-refractivity contribution < 1.29 is 43.0 Å². The van der Waals surface area contributed by atoms with Crippen molar-refractivity contribution in [2.75, 3.05) is 39.9 Å². The molecular weight excluding hydrogens is 1790 g/mol. The lowest BCUT2D eigenvalue weighted by molar-refractivity contribution is -0.142. The van der Waals surface area contributed by atoms with E-state index in [0.717, 1.165) is 57.6 Å². The first-order chi connectivity index (χ1) is 56.7. The van der Waals surface area contributed by atoms with Crippen molar-refractivity contribution in [3.63, 3.8) is 0 Å². The number of fused-ring (bicyclic) bond motifs is 5. The van der Waals surface area contributed by atoms with E-state index in [0.29, 0.717) is 73.1 Å². The van der Waals surface area contributed by atoms with Crippen LogP contribution in [-0.2, 0) is 41.2 Å². The highest BCUT2D eigenvalue weighted by Gasteiger charge is 2.52. The van der Waals surface area contributed by atoms with Gasteiger partial charge in [0.05, 0.1) is 29.1 Å². The van der Waals surface area contributed by atoms with Crippen LogP contribution in [0.5, 0.6) is 11.5 Å². The average Bonchev–Trinajstić information content (AvgIpc) is 1.60. The number of Topliss-reactive ketones (excluding diaryl/α,β-unsaturated/α-hetero) is 4. The molecule has 1 aromatic heterocycles. The number of carbonyl (C=O) groups is 7. The molecule has 4 bridgehead atoms. The highest BCUT2D eigenvalue weighted by atomic mass is 79.9. The standard InChI is InChI=1S/C55H68N8O7.C14H17Br.C12H13BrO.C6H5Br.C6H9ClO.CH4.Al.3ClH/c1-33-28-47(66)51(38-14-18-49(70-27-25-59)43(31-38)42-29-36(11-17-48(42)69-26-24-58)30-44(62-53(33)67)45(64)10-7-22-56)63(4)54(68)39(19-23-57)32-46(65)50-34(2)60-52(61-35(50)3)37-12-15-41(16-13-37)55(20-21-55)40-8-5-6-9-40;15-13-7-5-12(6-8-13)14(9-10-14)11-3-1-2-4-11;13-11-7-5-10(6-8-11)12(14)9-3-1-2-4-9;7-6-4-2-1-3-5-6;7-6(8)5-3-1-2-4-5;;;;;/h11-18,29,31,33,39-40,44,51H,5-10,19-21,23-28,30,32,57-59H2,1-4H3,(H,62,67);5-8,11H,1-4,9-10H2;5-9H,1-4H2;1-5H;5H,1-4H2;1H4;;3*1H/q;;;;;;+3;;;/p-3/t33-,39-,44+,51+;;;;;;;;;/m1........./s1. The van der Waals surface area contributed by atoms with Gasteiger partial charge in [-0.15, -0.1) is 0 Å². The van der Waals surface area contributed by atoms with E-state index in [-0.39, 0.29) is 107 Å². The van der Waals surface area contributed by atoms with Crippen LogP contribution in [-0.4, -0.2) is 112 Å². The van der Waals surface area contributed by atoms with E-state index in [2.05, 4.69) is 102 Å². The summed E-state index contributed by atoms with van der Waals surface area (Å²) in [6.07, 6.45) is 25.0. The molecule has 0 spiro atoms. The van der Waals surface area contributed by atoms with Crippen LogP contribution in [0.15, 0.2) is 153 Å². The maximum Gasteiger partial charge on any atom is 0.643 e. The molecule has 119 heavy (non-hydrogen) atoms. The average molecular weight is 1910 g/mol. The molecule has 25 heteroatoms. The third-order valence-electron chi connectivity index (χ3n) is 24.1. The normalized spacial score (nSPS) is 18.6. The fraction of sp³-hybridized carbons (Fsp3) is 0.489. The molecule has 17 nitrogen and oxygen atoms in total. The molecule has 0 radical (unpaired) electrons. The minimum absolute atomic E-state index is 0. The van der Waals surface area contributed by atoms with Gasteiger partial charge in [0.1, 0.15) is 30.8 Å². The van der Waals surface area contributed by atoms with Crippen LogP contribution in [0.3, 0.4) is 0 Å². The Morgan fingerprint density at radius 1 is 0.630 bits per heavy atom. The second-order valence-electron chi connectivity index (χ2n) is 32.2. The van der Waals surface area contributed by atoms with Gasteiger partial charge >= 0.3 is 11.4 Å². The predicted octanol–water partition coefficient (Wildman–Crippen LogP) is 21.8. The van der Waals surface area contributed by atoms with Crippen molar-refractivity contribution in [2.24, 2.45) is 52.7 Å². The zero-order valence-corrected chi connectivity index (χ0v) is 77.2. The molecular formula is C94H116AlBr3Cl4N8O9. The van der Waals surface area contributed by atoms with Crippen molar-refractivity contribution in [2.45, 2.75) is 218 Å². The van der Waals surface area contributed by atoms with Crippen LogP contribution in [0, 0.1) is 60.7 Å². The third-order valence-corrected chi connectivity index (χ3v) is 26.0. The Morgan fingerprint density at radius 3 is 1.56 bits per heavy atom. The van der Waals surface area contributed by atoms with Crippen LogP contribution >= 0.6 is 89.5 Å². The Labute approximate surface area is 751 Å². The second kappa shape index (κ2) is 48.7. The number of hydrogen-bond donors (Lipinski definition) is 4. The molecule has 0 unspecified atom stereocenters. The van der Waals surface area contributed by atoms with Gasteiger partial charge in [0.15, 0.2) is 29.0 Å². The molecule has 7 aromatic rings. The van der Waals surface area contributed by atoms with Crippen LogP contribution in [0.2, 0.25) is 0 Å². The Bertz CT molecular complexity index is 4510. The van der Waals surface area contributed by atoms with Gasteiger partial charge in [0.2, 0.25) is 17.1 Å². The molecule has 7 N–H and O–H groups in total. The molecule has 2 heterocycles. The van der Waals surface area contributed by atoms with E-state index in [9.17, 15) is 38.8 Å². The van der Waals surface area contributed by atoms with Gasteiger partial charge in [-0.3, -0.25) is 33.6 Å². The maximum absolute atomic E-state index is 14.9. The topological polar surface area (TPSA) is 281 Å². The first-order valence-electron chi connectivity index (χ1n) is 41.7. The number of nitrogens with one attached hydrogen (secondary N) is 1. The summed E-state index contributed by atoms with van der Waals surface area (Å²) in [7, 11) is 16.4. The minimum atomic E-state index is -1.72. The molecule has 14 rings (SSSR count). The number of benzene rings is 6. The lowest BCUT2D eigenvalue weighted by Gasteiger charge is -2.32. The number of rotatable bonds is 24. The summed E-state index contributed by atoms with van der Waals surface area (Å²) in [6, 6.07) is 45.6. The number of carbonyl (C=O) groups excluding carboxylic acids is 7. The van der Waals surface area contributed by atoms with Crippen molar-refractivity contribution in [3.8, 4) is 40.1 Å². The summed E-state index contributed by atoms with van der Waals surface area (Å²) < 4.78 is 15.7. The molecule has 0 saturated heterocycles. The number of amides is 2.